The van der Waals surface area contributed by atoms with E-state index in [0.717, 1.165) is 24.2 Å². The van der Waals surface area contributed by atoms with Gasteiger partial charge in [0.1, 0.15) is 0 Å². The van der Waals surface area contributed by atoms with E-state index >= 15 is 0 Å². The van der Waals surface area contributed by atoms with Gasteiger partial charge in [0.15, 0.2) is 0 Å². The number of benzene rings is 2. The third-order valence-electron chi connectivity index (χ3n) is 3.91. The first-order valence-electron chi connectivity index (χ1n) is 8.19. The molecule has 0 aliphatic heterocycles. The van der Waals surface area contributed by atoms with Crippen molar-refractivity contribution >= 4 is 5.91 Å². The van der Waals surface area contributed by atoms with Crippen LogP contribution in [0.4, 0.5) is 0 Å². The molecule has 0 fully saturated rings. The van der Waals surface area contributed by atoms with Crippen LogP contribution in [-0.2, 0) is 6.54 Å². The van der Waals surface area contributed by atoms with Crippen molar-refractivity contribution in [2.75, 3.05) is 6.54 Å². The fraction of sp³-hybridized carbons (Fsp3) is 0.200. The summed E-state index contributed by atoms with van der Waals surface area (Å²) in [7, 11) is 0. The highest BCUT2D eigenvalue weighted by Gasteiger charge is 2.15. The zero-order valence-corrected chi connectivity index (χ0v) is 13.8. The smallest absolute Gasteiger partial charge is 0.254 e. The summed E-state index contributed by atoms with van der Waals surface area (Å²) in [6.07, 6.45) is 6.30. The van der Waals surface area contributed by atoms with Gasteiger partial charge in [-0.25, -0.2) is 4.98 Å². The average Bonchev–Trinajstić information content (AvgIpc) is 3.16. The van der Waals surface area contributed by atoms with Gasteiger partial charge in [-0.05, 0) is 36.2 Å². The predicted octanol–water partition coefficient (Wildman–Crippen LogP) is 3.92. The van der Waals surface area contributed by atoms with Gasteiger partial charge in [-0.15, -0.1) is 0 Å². The van der Waals surface area contributed by atoms with E-state index in [1.807, 2.05) is 58.1 Å². The van der Waals surface area contributed by atoms with Crippen LogP contribution in [0, 0.1) is 0 Å². The maximum atomic E-state index is 12.8. The van der Waals surface area contributed by atoms with Crippen molar-refractivity contribution in [1.82, 2.24) is 14.5 Å². The molecule has 0 spiro atoms. The number of carbonyl (C=O) groups is 1. The largest absolute Gasteiger partial charge is 0.334 e. The molecule has 4 nitrogen and oxygen atoms in total. The number of hydrogen-bond acceptors (Lipinski definition) is 2. The highest BCUT2D eigenvalue weighted by atomic mass is 16.2. The molecule has 1 heterocycles. The molecule has 0 aliphatic rings. The van der Waals surface area contributed by atoms with Crippen LogP contribution < -0.4 is 0 Å². The zero-order chi connectivity index (χ0) is 16.8. The molecule has 3 rings (SSSR count). The fourth-order valence-corrected chi connectivity index (χ4v) is 2.70. The SMILES string of the molecule is CCCN(Cc1ccccc1)C(=O)c1ccc(-n2ccnc2)cc1. The molecule has 0 atom stereocenters. The molecule has 3 aromatic rings. The predicted molar refractivity (Wildman–Crippen MR) is 95.0 cm³/mol. The maximum Gasteiger partial charge on any atom is 0.254 e. The number of hydrogen-bond donors (Lipinski definition) is 0. The van der Waals surface area contributed by atoms with Crippen LogP contribution in [0.15, 0.2) is 73.3 Å². The molecule has 2 aromatic carbocycles. The molecule has 1 aromatic heterocycles. The zero-order valence-electron chi connectivity index (χ0n) is 13.8. The molecule has 122 valence electrons. The van der Waals surface area contributed by atoms with Gasteiger partial charge >= 0.3 is 0 Å². The van der Waals surface area contributed by atoms with Gasteiger partial charge in [-0.1, -0.05) is 37.3 Å². The van der Waals surface area contributed by atoms with E-state index in [4.69, 9.17) is 0 Å². The topological polar surface area (TPSA) is 38.1 Å². The van der Waals surface area contributed by atoms with Crippen molar-refractivity contribution in [2.24, 2.45) is 0 Å². The number of carbonyl (C=O) groups excluding carboxylic acids is 1. The second kappa shape index (κ2) is 7.59. The van der Waals surface area contributed by atoms with Crippen molar-refractivity contribution in [3.05, 3.63) is 84.4 Å². The van der Waals surface area contributed by atoms with Gasteiger partial charge in [-0.2, -0.15) is 0 Å². The number of rotatable bonds is 6. The monoisotopic (exact) mass is 319 g/mol. The summed E-state index contributed by atoms with van der Waals surface area (Å²) >= 11 is 0. The quantitative estimate of drug-likeness (QED) is 0.690. The second-order valence-corrected chi connectivity index (χ2v) is 5.73. The lowest BCUT2D eigenvalue weighted by atomic mass is 10.1. The Bertz CT molecular complexity index is 764. The van der Waals surface area contributed by atoms with Crippen molar-refractivity contribution in [3.8, 4) is 5.69 Å². The van der Waals surface area contributed by atoms with E-state index in [9.17, 15) is 4.79 Å². The molecule has 24 heavy (non-hydrogen) atoms. The molecule has 0 radical (unpaired) electrons. The summed E-state index contributed by atoms with van der Waals surface area (Å²) in [5, 5.41) is 0. The first-order valence-corrected chi connectivity index (χ1v) is 8.19. The van der Waals surface area contributed by atoms with Gasteiger partial charge in [0.2, 0.25) is 0 Å². The number of nitrogens with zero attached hydrogens (tertiary/aromatic N) is 3. The number of aromatic nitrogens is 2. The van der Waals surface area contributed by atoms with Gasteiger partial charge in [0, 0.05) is 36.7 Å². The summed E-state index contributed by atoms with van der Waals surface area (Å²) in [6, 6.07) is 17.8. The molecular formula is C20H21N3O. The Morgan fingerprint density at radius 1 is 1.08 bits per heavy atom. The minimum absolute atomic E-state index is 0.0675. The molecule has 0 N–H and O–H groups in total. The lowest BCUT2D eigenvalue weighted by Gasteiger charge is -2.22. The van der Waals surface area contributed by atoms with Crippen LogP contribution in [0.2, 0.25) is 0 Å². The third kappa shape index (κ3) is 3.71. The Balaban J connectivity index is 1.77. The minimum Gasteiger partial charge on any atom is -0.334 e. The number of imidazole rings is 1. The molecule has 0 saturated heterocycles. The molecule has 0 bridgehead atoms. The summed E-state index contributed by atoms with van der Waals surface area (Å²) in [6.45, 7) is 3.47. The van der Waals surface area contributed by atoms with Crippen LogP contribution in [-0.4, -0.2) is 26.9 Å². The van der Waals surface area contributed by atoms with Crippen LogP contribution in [0.25, 0.3) is 5.69 Å². The van der Waals surface area contributed by atoms with Crippen LogP contribution >= 0.6 is 0 Å². The summed E-state index contributed by atoms with van der Waals surface area (Å²) in [4.78, 5) is 18.8. The van der Waals surface area contributed by atoms with Gasteiger partial charge in [-0.3, -0.25) is 4.79 Å². The molecule has 1 amide bonds. The minimum atomic E-state index is 0.0675. The lowest BCUT2D eigenvalue weighted by Crippen LogP contribution is -2.31. The van der Waals surface area contributed by atoms with E-state index in [1.54, 1.807) is 12.5 Å². The van der Waals surface area contributed by atoms with E-state index < -0.39 is 0 Å². The van der Waals surface area contributed by atoms with Crippen molar-refractivity contribution < 1.29 is 4.79 Å². The fourth-order valence-electron chi connectivity index (χ4n) is 2.70. The van der Waals surface area contributed by atoms with Gasteiger partial charge in [0.05, 0.1) is 6.33 Å². The highest BCUT2D eigenvalue weighted by Crippen LogP contribution is 2.14. The lowest BCUT2D eigenvalue weighted by molar-refractivity contribution is 0.0743. The summed E-state index contributed by atoms with van der Waals surface area (Å²) in [5.74, 6) is 0.0675. The van der Waals surface area contributed by atoms with Crippen molar-refractivity contribution in [3.63, 3.8) is 0 Å². The second-order valence-electron chi connectivity index (χ2n) is 5.73. The van der Waals surface area contributed by atoms with Crippen molar-refractivity contribution in [1.29, 1.82) is 0 Å². The maximum absolute atomic E-state index is 12.8. The number of amides is 1. The van der Waals surface area contributed by atoms with E-state index in [-0.39, 0.29) is 5.91 Å². The first kappa shape index (κ1) is 16.0. The Morgan fingerprint density at radius 3 is 2.46 bits per heavy atom. The van der Waals surface area contributed by atoms with E-state index in [2.05, 4.69) is 24.0 Å². The van der Waals surface area contributed by atoms with E-state index in [0.29, 0.717) is 12.1 Å². The van der Waals surface area contributed by atoms with Crippen LogP contribution in [0.5, 0.6) is 0 Å². The molecule has 0 unspecified atom stereocenters. The molecular weight excluding hydrogens is 298 g/mol. The Kier molecular flexibility index (Phi) is 5.06. The average molecular weight is 319 g/mol. The molecule has 0 saturated carbocycles. The van der Waals surface area contributed by atoms with E-state index in [1.165, 1.54) is 0 Å². The van der Waals surface area contributed by atoms with Crippen molar-refractivity contribution in [2.45, 2.75) is 19.9 Å². The Labute approximate surface area is 142 Å². The molecule has 4 heteroatoms. The normalized spacial score (nSPS) is 10.5. The standard InChI is InChI=1S/C20H21N3O/c1-2-13-22(15-17-6-4-3-5-7-17)20(24)18-8-10-19(11-9-18)23-14-12-21-16-23/h3-12,14,16H,2,13,15H2,1H3. The molecule has 0 aliphatic carbocycles. The highest BCUT2D eigenvalue weighted by molar-refractivity contribution is 5.94. The Morgan fingerprint density at radius 2 is 1.83 bits per heavy atom. The van der Waals surface area contributed by atoms with Gasteiger partial charge < -0.3 is 9.47 Å². The van der Waals surface area contributed by atoms with Crippen LogP contribution in [0.3, 0.4) is 0 Å². The third-order valence-corrected chi connectivity index (χ3v) is 3.91. The van der Waals surface area contributed by atoms with Crippen LogP contribution in [0.1, 0.15) is 29.3 Å². The summed E-state index contributed by atoms with van der Waals surface area (Å²) < 4.78 is 1.92. The Hall–Kier alpha value is -2.88. The first-order chi connectivity index (χ1) is 11.8. The van der Waals surface area contributed by atoms with Gasteiger partial charge in [0.25, 0.3) is 5.91 Å². The summed E-state index contributed by atoms with van der Waals surface area (Å²) in [5.41, 5.74) is 2.85.